The van der Waals surface area contributed by atoms with Gasteiger partial charge in [0, 0.05) is 25.2 Å². The quantitative estimate of drug-likeness (QED) is 0.689. The van der Waals surface area contributed by atoms with E-state index in [1.54, 1.807) is 0 Å². The van der Waals surface area contributed by atoms with Gasteiger partial charge in [0.05, 0.1) is 0 Å². The van der Waals surface area contributed by atoms with Crippen LogP contribution in [0.5, 0.6) is 0 Å². The maximum absolute atomic E-state index is 11.9. The lowest BCUT2D eigenvalue weighted by Gasteiger charge is -2.21. The van der Waals surface area contributed by atoms with Gasteiger partial charge in [-0.3, -0.25) is 4.79 Å². The van der Waals surface area contributed by atoms with Gasteiger partial charge in [0.1, 0.15) is 5.82 Å². The molecule has 5 nitrogen and oxygen atoms in total. The van der Waals surface area contributed by atoms with Gasteiger partial charge in [-0.1, -0.05) is 6.07 Å². The molecule has 0 aromatic carbocycles. The first-order valence-electron chi connectivity index (χ1n) is 7.40. The van der Waals surface area contributed by atoms with Crippen molar-refractivity contribution in [1.82, 2.24) is 15.6 Å². The van der Waals surface area contributed by atoms with Gasteiger partial charge >= 0.3 is 0 Å². The van der Waals surface area contributed by atoms with E-state index >= 15 is 0 Å². The van der Waals surface area contributed by atoms with Crippen LogP contribution >= 0.6 is 24.8 Å². The molecule has 2 heterocycles. The molecule has 0 saturated carbocycles. The van der Waals surface area contributed by atoms with E-state index in [-0.39, 0.29) is 36.6 Å². The van der Waals surface area contributed by atoms with Crippen LogP contribution in [0.15, 0.2) is 18.3 Å². The minimum atomic E-state index is 0. The molecular formula is C15H26Cl2N4O. The Labute approximate surface area is 144 Å². The topological polar surface area (TPSA) is 66.0 Å². The molecule has 126 valence electrons. The molecule has 1 aromatic heterocycles. The van der Waals surface area contributed by atoms with Gasteiger partial charge in [-0.05, 0) is 50.9 Å². The van der Waals surface area contributed by atoms with Crippen LogP contribution in [0.25, 0.3) is 0 Å². The Balaban J connectivity index is 0.00000220. The van der Waals surface area contributed by atoms with Crippen molar-refractivity contribution in [2.45, 2.75) is 26.2 Å². The van der Waals surface area contributed by atoms with E-state index in [0.29, 0.717) is 0 Å². The van der Waals surface area contributed by atoms with Crippen molar-refractivity contribution in [2.24, 2.45) is 5.92 Å². The summed E-state index contributed by atoms with van der Waals surface area (Å²) in [6.45, 7) is 5.48. The van der Waals surface area contributed by atoms with Crippen LogP contribution in [0.4, 0.5) is 5.82 Å². The Morgan fingerprint density at radius 2 is 2.00 bits per heavy atom. The zero-order chi connectivity index (χ0) is 14.2. The number of piperidine rings is 1. The molecule has 0 bridgehead atoms. The molecule has 1 aromatic rings. The van der Waals surface area contributed by atoms with Gasteiger partial charge in [-0.2, -0.15) is 0 Å². The Morgan fingerprint density at radius 3 is 2.64 bits per heavy atom. The van der Waals surface area contributed by atoms with Crippen molar-refractivity contribution < 1.29 is 4.79 Å². The minimum absolute atomic E-state index is 0. The Hall–Kier alpha value is -1.04. The molecule has 3 N–H and O–H groups in total. The highest BCUT2D eigenvalue weighted by Crippen LogP contribution is 2.11. The molecule has 0 radical (unpaired) electrons. The van der Waals surface area contributed by atoms with Crippen LogP contribution in [-0.2, 0) is 4.79 Å². The first-order chi connectivity index (χ1) is 9.75. The van der Waals surface area contributed by atoms with E-state index in [2.05, 4.69) is 20.9 Å². The average molecular weight is 349 g/mol. The van der Waals surface area contributed by atoms with Crippen LogP contribution in [0.1, 0.15) is 24.8 Å². The molecule has 1 saturated heterocycles. The number of halogens is 2. The molecule has 1 amide bonds. The summed E-state index contributed by atoms with van der Waals surface area (Å²) in [5.41, 5.74) is 1.16. The summed E-state index contributed by atoms with van der Waals surface area (Å²) in [7, 11) is 0. The summed E-state index contributed by atoms with van der Waals surface area (Å²) >= 11 is 0. The van der Waals surface area contributed by atoms with Gasteiger partial charge in [-0.15, -0.1) is 24.8 Å². The molecule has 1 aliphatic heterocycles. The summed E-state index contributed by atoms with van der Waals surface area (Å²) in [6.07, 6.45) is 4.67. The summed E-state index contributed by atoms with van der Waals surface area (Å²) in [4.78, 5) is 16.2. The zero-order valence-corrected chi connectivity index (χ0v) is 14.6. The SMILES string of the molecule is Cc1ccc(NCCCNC(=O)C2CCNCC2)nc1.Cl.Cl. The summed E-state index contributed by atoms with van der Waals surface area (Å²) < 4.78 is 0. The fraction of sp³-hybridized carbons (Fsp3) is 0.600. The highest BCUT2D eigenvalue weighted by Gasteiger charge is 2.19. The number of nitrogens with zero attached hydrogens (tertiary/aromatic N) is 1. The minimum Gasteiger partial charge on any atom is -0.370 e. The molecule has 1 aliphatic rings. The third-order valence-corrected chi connectivity index (χ3v) is 3.58. The summed E-state index contributed by atoms with van der Waals surface area (Å²) in [5, 5.41) is 9.54. The van der Waals surface area contributed by atoms with Gasteiger partial charge in [-0.25, -0.2) is 4.98 Å². The van der Waals surface area contributed by atoms with Crippen molar-refractivity contribution in [2.75, 3.05) is 31.5 Å². The zero-order valence-electron chi connectivity index (χ0n) is 12.9. The van der Waals surface area contributed by atoms with E-state index in [1.807, 2.05) is 25.3 Å². The number of carbonyl (C=O) groups is 1. The Kier molecular flexibility index (Phi) is 11.0. The molecule has 1 fully saturated rings. The molecule has 7 heteroatoms. The van der Waals surface area contributed by atoms with Crippen LogP contribution < -0.4 is 16.0 Å². The lowest BCUT2D eigenvalue weighted by atomic mass is 9.97. The van der Waals surface area contributed by atoms with Gasteiger partial charge < -0.3 is 16.0 Å². The van der Waals surface area contributed by atoms with E-state index in [9.17, 15) is 4.79 Å². The predicted molar refractivity (Wildman–Crippen MR) is 95.2 cm³/mol. The van der Waals surface area contributed by atoms with Crippen molar-refractivity contribution in [1.29, 1.82) is 0 Å². The number of hydrogen-bond donors (Lipinski definition) is 3. The van der Waals surface area contributed by atoms with Gasteiger partial charge in [0.15, 0.2) is 0 Å². The van der Waals surface area contributed by atoms with Gasteiger partial charge in [0.25, 0.3) is 0 Å². The van der Waals surface area contributed by atoms with Crippen LogP contribution in [0, 0.1) is 12.8 Å². The second kappa shape index (κ2) is 11.5. The highest BCUT2D eigenvalue weighted by atomic mass is 35.5. The van der Waals surface area contributed by atoms with Crippen molar-refractivity contribution in [3.63, 3.8) is 0 Å². The normalized spacial score (nSPS) is 14.4. The smallest absolute Gasteiger partial charge is 0.223 e. The molecule has 0 atom stereocenters. The Bertz CT molecular complexity index is 422. The van der Waals surface area contributed by atoms with Crippen molar-refractivity contribution in [3.05, 3.63) is 23.9 Å². The van der Waals surface area contributed by atoms with E-state index in [0.717, 1.165) is 56.8 Å². The second-order valence-corrected chi connectivity index (χ2v) is 5.32. The molecule has 0 unspecified atom stereocenters. The largest absolute Gasteiger partial charge is 0.370 e. The fourth-order valence-corrected chi connectivity index (χ4v) is 2.32. The molecule has 22 heavy (non-hydrogen) atoms. The number of aromatic nitrogens is 1. The predicted octanol–water partition coefficient (Wildman–Crippen LogP) is 2.15. The van der Waals surface area contributed by atoms with E-state index in [4.69, 9.17) is 0 Å². The monoisotopic (exact) mass is 348 g/mol. The van der Waals surface area contributed by atoms with E-state index < -0.39 is 0 Å². The molecule has 0 spiro atoms. The second-order valence-electron chi connectivity index (χ2n) is 5.32. The third kappa shape index (κ3) is 7.29. The first kappa shape index (κ1) is 21.0. The lowest BCUT2D eigenvalue weighted by Crippen LogP contribution is -2.38. The van der Waals surface area contributed by atoms with Crippen LogP contribution in [-0.4, -0.2) is 37.1 Å². The fourth-order valence-electron chi connectivity index (χ4n) is 2.32. The number of aryl methyl sites for hydroxylation is 1. The first-order valence-corrected chi connectivity index (χ1v) is 7.40. The number of carbonyl (C=O) groups excluding carboxylic acids is 1. The summed E-state index contributed by atoms with van der Waals surface area (Å²) in [5.74, 6) is 1.29. The lowest BCUT2D eigenvalue weighted by molar-refractivity contribution is -0.125. The third-order valence-electron chi connectivity index (χ3n) is 3.58. The standard InChI is InChI=1S/C15H24N4O.2ClH/c1-12-3-4-14(19-11-12)17-7-2-8-18-15(20)13-5-9-16-10-6-13;;/h3-4,11,13,16H,2,5-10H2,1H3,(H,17,19)(H,18,20);2*1H. The maximum Gasteiger partial charge on any atom is 0.223 e. The van der Waals surface area contributed by atoms with Crippen LogP contribution in [0.2, 0.25) is 0 Å². The number of amides is 1. The molecular weight excluding hydrogens is 323 g/mol. The number of hydrogen-bond acceptors (Lipinski definition) is 4. The summed E-state index contributed by atoms with van der Waals surface area (Å²) in [6, 6.07) is 4.01. The number of anilines is 1. The molecule has 0 aliphatic carbocycles. The van der Waals surface area contributed by atoms with E-state index in [1.165, 1.54) is 0 Å². The van der Waals surface area contributed by atoms with Crippen molar-refractivity contribution in [3.8, 4) is 0 Å². The number of rotatable bonds is 6. The number of nitrogens with one attached hydrogen (secondary N) is 3. The van der Waals surface area contributed by atoms with Gasteiger partial charge in [0.2, 0.25) is 5.91 Å². The average Bonchev–Trinajstić information content (AvgIpc) is 2.49. The Morgan fingerprint density at radius 1 is 1.27 bits per heavy atom. The van der Waals surface area contributed by atoms with Crippen LogP contribution in [0.3, 0.4) is 0 Å². The van der Waals surface area contributed by atoms with Crippen molar-refractivity contribution >= 4 is 36.5 Å². The highest BCUT2D eigenvalue weighted by molar-refractivity contribution is 5.85. The number of pyridine rings is 1. The molecule has 2 rings (SSSR count). The maximum atomic E-state index is 11.9.